The smallest absolute Gasteiger partial charge is 0.247 e. The highest BCUT2D eigenvalue weighted by molar-refractivity contribution is 5.90. The minimum atomic E-state index is -0.950. The molecule has 0 unspecified atom stereocenters. The van der Waals surface area contributed by atoms with Gasteiger partial charge in [0.05, 0.1) is 19.6 Å². The van der Waals surface area contributed by atoms with Crippen LogP contribution in [-0.2, 0) is 29.0 Å². The molecule has 4 aromatic rings. The van der Waals surface area contributed by atoms with Gasteiger partial charge in [-0.3, -0.25) is 9.59 Å². The second-order valence-electron chi connectivity index (χ2n) is 8.30. The van der Waals surface area contributed by atoms with E-state index in [1.807, 2.05) is 60.7 Å². The lowest BCUT2D eigenvalue weighted by molar-refractivity contribution is -0.138. The molecule has 0 saturated carbocycles. The molecule has 2 heterocycles. The third-order valence-electron chi connectivity index (χ3n) is 6.19. The lowest BCUT2D eigenvalue weighted by Gasteiger charge is -2.30. The number of aromatic amines is 1. The number of para-hydroxylation sites is 1. The molecule has 3 N–H and O–H groups in total. The van der Waals surface area contributed by atoms with Gasteiger partial charge in [-0.1, -0.05) is 60.7 Å². The van der Waals surface area contributed by atoms with E-state index in [0.29, 0.717) is 13.1 Å². The zero-order valence-electron chi connectivity index (χ0n) is 17.7. The van der Waals surface area contributed by atoms with Crippen molar-refractivity contribution >= 4 is 33.5 Å². The lowest BCUT2D eigenvalue weighted by atomic mass is 10.0. The number of carbonyl (C=O) groups is 2. The first-order valence-electron chi connectivity index (χ1n) is 10.9. The van der Waals surface area contributed by atoms with Crippen LogP contribution in [-0.4, -0.2) is 46.0 Å². The normalized spacial score (nSPS) is 14.3. The van der Waals surface area contributed by atoms with E-state index >= 15 is 0 Å². The van der Waals surface area contributed by atoms with Crippen LogP contribution in [0, 0.1) is 0 Å². The number of aromatic nitrogens is 1. The summed E-state index contributed by atoms with van der Waals surface area (Å²) in [4.78, 5) is 30.8. The Hall–Kier alpha value is -3.64. The van der Waals surface area contributed by atoms with Gasteiger partial charge in [0.15, 0.2) is 0 Å². The Morgan fingerprint density at radius 3 is 2.66 bits per heavy atom. The zero-order chi connectivity index (χ0) is 22.1. The Labute approximate surface area is 185 Å². The van der Waals surface area contributed by atoms with Gasteiger partial charge in [-0.15, -0.1) is 0 Å². The van der Waals surface area contributed by atoms with Crippen LogP contribution in [0.3, 0.4) is 0 Å². The maximum atomic E-state index is 13.1. The van der Waals surface area contributed by atoms with Gasteiger partial charge < -0.3 is 20.3 Å². The third-order valence-corrected chi connectivity index (χ3v) is 6.19. The Kier molecular flexibility index (Phi) is 5.37. The van der Waals surface area contributed by atoms with E-state index in [1.54, 1.807) is 4.90 Å². The molecule has 0 spiro atoms. The fraction of sp³-hybridized carbons (Fsp3) is 0.231. The molecule has 1 aliphatic rings. The van der Waals surface area contributed by atoms with Crippen molar-refractivity contribution in [3.63, 3.8) is 0 Å². The molecule has 2 amide bonds. The van der Waals surface area contributed by atoms with Gasteiger partial charge in [-0.05, 0) is 34.4 Å². The molecule has 0 bridgehead atoms. The number of amides is 2. The number of H-pyrrole nitrogens is 1. The number of aliphatic hydroxyl groups excluding tert-OH is 1. The van der Waals surface area contributed by atoms with Gasteiger partial charge >= 0.3 is 0 Å². The summed E-state index contributed by atoms with van der Waals surface area (Å²) < 4.78 is 0. The number of fused-ring (bicyclic) bond motifs is 4. The number of rotatable bonds is 5. The molecule has 1 aromatic heterocycles. The third kappa shape index (κ3) is 3.85. The van der Waals surface area contributed by atoms with Crippen molar-refractivity contribution in [1.29, 1.82) is 0 Å². The SMILES string of the molecule is O=C(Cc1ccc2ccccc2c1)N[C@@H](CO)C(=O)N1CCc2c([nH]c3ccccc23)C1. The predicted octanol–water partition coefficient (Wildman–Crippen LogP) is 2.93. The molecule has 6 nitrogen and oxygen atoms in total. The van der Waals surface area contributed by atoms with Crippen molar-refractivity contribution in [3.8, 4) is 0 Å². The van der Waals surface area contributed by atoms with Gasteiger partial charge in [0.25, 0.3) is 0 Å². The van der Waals surface area contributed by atoms with Crippen molar-refractivity contribution in [1.82, 2.24) is 15.2 Å². The van der Waals surface area contributed by atoms with E-state index in [-0.39, 0.29) is 18.2 Å². The summed E-state index contributed by atoms with van der Waals surface area (Å²) >= 11 is 0. The second kappa shape index (κ2) is 8.48. The summed E-state index contributed by atoms with van der Waals surface area (Å²) in [7, 11) is 0. The number of benzene rings is 3. The molecular formula is C26H25N3O3. The first kappa shape index (κ1) is 20.3. The minimum absolute atomic E-state index is 0.154. The Morgan fingerprint density at radius 2 is 1.81 bits per heavy atom. The van der Waals surface area contributed by atoms with Crippen LogP contribution in [0.15, 0.2) is 66.7 Å². The fourth-order valence-corrected chi connectivity index (χ4v) is 4.57. The number of aliphatic hydroxyl groups is 1. The van der Waals surface area contributed by atoms with Crippen LogP contribution in [0.5, 0.6) is 0 Å². The Balaban J connectivity index is 1.25. The highest BCUT2D eigenvalue weighted by Gasteiger charge is 2.29. The van der Waals surface area contributed by atoms with Gasteiger partial charge in [-0.25, -0.2) is 0 Å². The number of nitrogens with zero attached hydrogens (tertiary/aromatic N) is 1. The number of hydrogen-bond donors (Lipinski definition) is 3. The van der Waals surface area contributed by atoms with Crippen LogP contribution in [0.25, 0.3) is 21.7 Å². The highest BCUT2D eigenvalue weighted by atomic mass is 16.3. The van der Waals surface area contributed by atoms with Crippen LogP contribution >= 0.6 is 0 Å². The summed E-state index contributed by atoms with van der Waals surface area (Å²) in [5.74, 6) is -0.542. The maximum Gasteiger partial charge on any atom is 0.247 e. The standard InChI is InChI=1S/C26H25N3O3/c30-16-24(28-25(31)14-17-9-10-18-5-1-2-6-19(18)13-17)26(32)29-12-11-21-20-7-3-4-8-22(20)27-23(21)15-29/h1-10,13,24,27,30H,11-12,14-16H2,(H,28,31)/t24-/m0/s1. The fourth-order valence-electron chi connectivity index (χ4n) is 4.57. The van der Waals surface area contributed by atoms with E-state index in [9.17, 15) is 14.7 Å². The first-order chi connectivity index (χ1) is 15.6. The quantitative estimate of drug-likeness (QED) is 0.458. The minimum Gasteiger partial charge on any atom is -0.394 e. The Bertz CT molecular complexity index is 1310. The Morgan fingerprint density at radius 1 is 1.03 bits per heavy atom. The maximum absolute atomic E-state index is 13.1. The molecule has 3 aromatic carbocycles. The molecular weight excluding hydrogens is 402 g/mol. The average molecular weight is 428 g/mol. The molecule has 1 atom stereocenters. The molecule has 1 aliphatic heterocycles. The zero-order valence-corrected chi connectivity index (χ0v) is 17.7. The van der Waals surface area contributed by atoms with Crippen molar-refractivity contribution in [2.24, 2.45) is 0 Å². The molecule has 0 saturated heterocycles. The molecule has 6 heteroatoms. The van der Waals surface area contributed by atoms with E-state index in [1.165, 1.54) is 10.9 Å². The van der Waals surface area contributed by atoms with Gasteiger partial charge in [-0.2, -0.15) is 0 Å². The molecule has 0 radical (unpaired) electrons. The first-order valence-corrected chi connectivity index (χ1v) is 10.9. The van der Waals surface area contributed by atoms with Crippen molar-refractivity contribution in [2.45, 2.75) is 25.4 Å². The van der Waals surface area contributed by atoms with Crippen LogP contribution in [0.2, 0.25) is 0 Å². The van der Waals surface area contributed by atoms with Crippen LogP contribution in [0.4, 0.5) is 0 Å². The summed E-state index contributed by atoms with van der Waals surface area (Å²) in [6.45, 7) is 0.572. The molecule has 32 heavy (non-hydrogen) atoms. The molecule has 5 rings (SSSR count). The van der Waals surface area contributed by atoms with Crippen LogP contribution in [0.1, 0.15) is 16.8 Å². The van der Waals surface area contributed by atoms with Crippen molar-refractivity contribution in [3.05, 3.63) is 83.6 Å². The second-order valence-corrected chi connectivity index (χ2v) is 8.30. The highest BCUT2D eigenvalue weighted by Crippen LogP contribution is 2.27. The summed E-state index contributed by atoms with van der Waals surface area (Å²) in [6.07, 6.45) is 0.898. The van der Waals surface area contributed by atoms with E-state index < -0.39 is 12.6 Å². The number of hydrogen-bond acceptors (Lipinski definition) is 3. The topological polar surface area (TPSA) is 85.4 Å². The molecule has 162 valence electrons. The summed E-state index contributed by atoms with van der Waals surface area (Å²) in [5, 5.41) is 15.9. The van der Waals surface area contributed by atoms with E-state index in [2.05, 4.69) is 16.4 Å². The molecule has 0 aliphatic carbocycles. The number of carbonyl (C=O) groups excluding carboxylic acids is 2. The van der Waals surface area contributed by atoms with Crippen molar-refractivity contribution < 1.29 is 14.7 Å². The van der Waals surface area contributed by atoms with Gasteiger partial charge in [0.1, 0.15) is 6.04 Å². The largest absolute Gasteiger partial charge is 0.394 e. The van der Waals surface area contributed by atoms with Gasteiger partial charge in [0.2, 0.25) is 11.8 Å². The monoisotopic (exact) mass is 427 g/mol. The average Bonchev–Trinajstić information content (AvgIpc) is 3.20. The lowest BCUT2D eigenvalue weighted by Crippen LogP contribution is -2.51. The van der Waals surface area contributed by atoms with Gasteiger partial charge in [0, 0.05) is 23.1 Å². The van der Waals surface area contributed by atoms with E-state index in [0.717, 1.165) is 34.0 Å². The predicted molar refractivity (Wildman–Crippen MR) is 124 cm³/mol. The number of nitrogens with one attached hydrogen (secondary N) is 2. The van der Waals surface area contributed by atoms with Crippen LogP contribution < -0.4 is 5.32 Å². The summed E-state index contributed by atoms with van der Waals surface area (Å²) in [6, 6.07) is 21.0. The van der Waals surface area contributed by atoms with E-state index in [4.69, 9.17) is 0 Å². The summed E-state index contributed by atoms with van der Waals surface area (Å²) in [5.41, 5.74) is 4.19. The molecule has 0 fully saturated rings. The van der Waals surface area contributed by atoms with Crippen molar-refractivity contribution in [2.75, 3.05) is 13.2 Å².